The highest BCUT2D eigenvalue weighted by Gasteiger charge is 2.51. The lowest BCUT2D eigenvalue weighted by Crippen LogP contribution is -2.36. The van der Waals surface area contributed by atoms with Crippen molar-refractivity contribution in [2.45, 2.75) is 49.0 Å². The van der Waals surface area contributed by atoms with Crippen LogP contribution in [0.25, 0.3) is 16.8 Å². The Hall–Kier alpha value is -3.44. The standard InChI is InChI=1S/C20H25N9O14P2/c21-19-26-16-9(17(33)27-19)24-5-28(16)18-14(10(31)7(2-30)41-18)43-45(37,38)39-3-8-13(42-44(35)36)11(32)12(40-8)6-1-25-29-15(6)22-4-23-20(29)34/h1,4-5,7-8,10-14,18,30-32,44H,2-3H2,(H,35,36)(H,37,38)(H,22,23,34)(H3,21,26,27,33)/t7-,8-,10+,11?,12+,13+,14?,18-/m1/s1. The first-order valence-electron chi connectivity index (χ1n) is 12.9. The van der Waals surface area contributed by atoms with E-state index < -0.39 is 89.5 Å². The molecule has 6 rings (SSSR count). The lowest BCUT2D eigenvalue weighted by atomic mass is 10.0. The van der Waals surface area contributed by atoms with Gasteiger partial charge in [0.1, 0.15) is 42.7 Å². The number of nitrogens with one attached hydrogen (secondary N) is 2. The number of nitrogens with two attached hydrogens (primary N) is 1. The van der Waals surface area contributed by atoms with Gasteiger partial charge in [0, 0.05) is 5.56 Å². The summed E-state index contributed by atoms with van der Waals surface area (Å²) in [5.74, 6) is -0.286. The van der Waals surface area contributed by atoms with Crippen LogP contribution in [-0.2, 0) is 32.2 Å². The second-order valence-corrected chi connectivity index (χ2v) is 12.0. The van der Waals surface area contributed by atoms with Crippen molar-refractivity contribution in [1.29, 1.82) is 0 Å². The molecule has 4 aromatic heterocycles. The third kappa shape index (κ3) is 5.85. The van der Waals surface area contributed by atoms with E-state index in [1.54, 1.807) is 0 Å². The molecule has 6 heterocycles. The number of fused-ring (bicyclic) bond motifs is 2. The highest BCUT2D eigenvalue weighted by atomic mass is 31.2. The summed E-state index contributed by atoms with van der Waals surface area (Å²) in [6.07, 6.45) is -8.94. The molecule has 2 fully saturated rings. The van der Waals surface area contributed by atoms with E-state index in [-0.39, 0.29) is 28.3 Å². The molecule has 2 aliphatic rings. The Morgan fingerprint density at radius 1 is 1.13 bits per heavy atom. The Bertz CT molecular complexity index is 1910. The Morgan fingerprint density at radius 3 is 2.64 bits per heavy atom. The van der Waals surface area contributed by atoms with Gasteiger partial charge in [-0.3, -0.25) is 32.9 Å². The van der Waals surface area contributed by atoms with Gasteiger partial charge in [-0.1, -0.05) is 0 Å². The Morgan fingerprint density at radius 2 is 1.91 bits per heavy atom. The lowest BCUT2D eigenvalue weighted by molar-refractivity contribution is -0.0544. The van der Waals surface area contributed by atoms with Gasteiger partial charge in [0.15, 0.2) is 23.0 Å². The molecule has 2 saturated heterocycles. The smallest absolute Gasteiger partial charge is 0.394 e. The van der Waals surface area contributed by atoms with E-state index in [4.69, 9.17) is 28.8 Å². The second-order valence-electron chi connectivity index (χ2n) is 9.82. The zero-order chi connectivity index (χ0) is 32.2. The second kappa shape index (κ2) is 12.1. The van der Waals surface area contributed by atoms with Crippen molar-refractivity contribution >= 4 is 38.8 Å². The molecule has 25 heteroatoms. The van der Waals surface area contributed by atoms with Crippen LogP contribution in [0.3, 0.4) is 0 Å². The molecule has 9 N–H and O–H groups in total. The van der Waals surface area contributed by atoms with Crippen LogP contribution in [0.4, 0.5) is 5.95 Å². The van der Waals surface area contributed by atoms with Gasteiger partial charge in [-0.25, -0.2) is 19.3 Å². The number of nitrogens with zero attached hydrogens (tertiary/aromatic N) is 6. The lowest BCUT2D eigenvalue weighted by Gasteiger charge is -2.25. The van der Waals surface area contributed by atoms with Gasteiger partial charge >= 0.3 is 21.8 Å². The van der Waals surface area contributed by atoms with E-state index in [2.05, 4.69) is 30.0 Å². The van der Waals surface area contributed by atoms with Gasteiger partial charge in [0.25, 0.3) is 5.56 Å². The van der Waals surface area contributed by atoms with Gasteiger partial charge in [0.2, 0.25) is 5.95 Å². The van der Waals surface area contributed by atoms with Gasteiger partial charge < -0.3 is 44.8 Å². The van der Waals surface area contributed by atoms with Crippen molar-refractivity contribution in [3.63, 3.8) is 0 Å². The Balaban J connectivity index is 1.23. The van der Waals surface area contributed by atoms with E-state index in [0.717, 1.165) is 21.7 Å². The number of hydrogen-bond donors (Lipinski definition) is 8. The first kappa shape index (κ1) is 31.5. The van der Waals surface area contributed by atoms with E-state index in [9.17, 15) is 43.8 Å². The summed E-state index contributed by atoms with van der Waals surface area (Å²) in [7, 11) is -8.87. The molecule has 45 heavy (non-hydrogen) atoms. The van der Waals surface area contributed by atoms with Gasteiger partial charge in [-0.05, 0) is 0 Å². The third-order valence-electron chi connectivity index (χ3n) is 7.09. The number of aliphatic hydroxyl groups excluding tert-OH is 3. The maximum Gasteiger partial charge on any atom is 0.472 e. The molecule has 0 amide bonds. The number of phosphoric acid groups is 1. The minimum Gasteiger partial charge on any atom is -0.394 e. The molecular formula is C20H25N9O14P2. The number of aliphatic hydroxyl groups is 3. The van der Waals surface area contributed by atoms with Gasteiger partial charge in [-0.15, -0.1) is 0 Å². The van der Waals surface area contributed by atoms with E-state index in [1.807, 2.05) is 0 Å². The summed E-state index contributed by atoms with van der Waals surface area (Å²) < 4.78 is 53.3. The van der Waals surface area contributed by atoms with E-state index >= 15 is 0 Å². The monoisotopic (exact) mass is 677 g/mol. The molecule has 4 unspecified atom stereocenters. The molecule has 2 aliphatic heterocycles. The first-order chi connectivity index (χ1) is 21.4. The van der Waals surface area contributed by atoms with Crippen LogP contribution in [0.1, 0.15) is 17.9 Å². The fourth-order valence-electron chi connectivity index (χ4n) is 5.12. The van der Waals surface area contributed by atoms with Crippen LogP contribution in [0.2, 0.25) is 0 Å². The van der Waals surface area contributed by atoms with Crippen LogP contribution in [0.5, 0.6) is 0 Å². The van der Waals surface area contributed by atoms with Crippen molar-refractivity contribution in [3.8, 4) is 0 Å². The minimum atomic E-state index is -5.19. The molecule has 244 valence electrons. The highest BCUT2D eigenvalue weighted by Crippen LogP contribution is 2.50. The number of hydrogen-bond acceptors (Lipinski definition) is 17. The summed E-state index contributed by atoms with van der Waals surface area (Å²) in [6, 6.07) is 0. The fraction of sp³-hybridized carbons (Fsp3) is 0.500. The van der Waals surface area contributed by atoms with E-state index in [1.165, 1.54) is 6.20 Å². The molecule has 0 radical (unpaired) electrons. The summed E-state index contributed by atoms with van der Waals surface area (Å²) in [5, 5.41) is 35.2. The van der Waals surface area contributed by atoms with Crippen LogP contribution in [0.15, 0.2) is 28.4 Å². The molecule has 0 spiro atoms. The zero-order valence-corrected chi connectivity index (χ0v) is 24.3. The molecule has 0 bridgehead atoms. The fourth-order valence-corrected chi connectivity index (χ4v) is 6.58. The normalized spacial score (nSPS) is 30.7. The van der Waals surface area contributed by atoms with Gasteiger partial charge in [0.05, 0.1) is 32.1 Å². The zero-order valence-electron chi connectivity index (χ0n) is 22.4. The number of imidazole rings is 1. The van der Waals surface area contributed by atoms with Crippen LogP contribution < -0.4 is 17.0 Å². The number of nitrogen functional groups attached to an aromatic ring is 1. The molecule has 0 aliphatic carbocycles. The predicted octanol–water partition coefficient (Wildman–Crippen LogP) is -3.55. The van der Waals surface area contributed by atoms with Crippen molar-refractivity contribution in [2.24, 2.45) is 0 Å². The van der Waals surface area contributed by atoms with Crippen LogP contribution >= 0.6 is 16.1 Å². The van der Waals surface area contributed by atoms with Gasteiger partial charge in [-0.2, -0.15) is 14.6 Å². The third-order valence-corrected chi connectivity index (χ3v) is 8.55. The predicted molar refractivity (Wildman–Crippen MR) is 144 cm³/mol. The summed E-state index contributed by atoms with van der Waals surface area (Å²) in [4.78, 5) is 60.7. The van der Waals surface area contributed by atoms with Crippen molar-refractivity contribution in [3.05, 3.63) is 45.3 Å². The highest BCUT2D eigenvalue weighted by molar-refractivity contribution is 7.47. The van der Waals surface area contributed by atoms with Crippen molar-refractivity contribution in [1.82, 2.24) is 39.1 Å². The average Bonchev–Trinajstić information content (AvgIpc) is 3.73. The van der Waals surface area contributed by atoms with Crippen molar-refractivity contribution in [2.75, 3.05) is 18.9 Å². The number of H-pyrrole nitrogens is 2. The molecule has 10 atom stereocenters. The molecular weight excluding hydrogens is 652 g/mol. The molecule has 0 saturated carbocycles. The summed E-state index contributed by atoms with van der Waals surface area (Å²) in [6.45, 7) is -1.61. The topological polar surface area (TPSA) is 334 Å². The maximum absolute atomic E-state index is 13.1. The minimum absolute atomic E-state index is 0.0131. The van der Waals surface area contributed by atoms with E-state index in [0.29, 0.717) is 0 Å². The van der Waals surface area contributed by atoms with Crippen LogP contribution in [-0.4, -0.2) is 114 Å². The SMILES string of the molecule is Nc1nc2c(ncn2[C@@H]2O[C@H](CO)[C@H](O)C2OP(=O)(O)OC[C@H]2O[C@@H](c3cnn4c(=O)[nH]cnc34)C(O)[C@H]2O[PH](=O)O)c(=O)[nH]1. The summed E-state index contributed by atoms with van der Waals surface area (Å²) >= 11 is 0. The summed E-state index contributed by atoms with van der Waals surface area (Å²) in [5.41, 5.74) is 4.04. The average molecular weight is 677 g/mol. The quantitative estimate of drug-likeness (QED) is 0.0753. The Labute approximate surface area is 248 Å². The molecule has 4 aromatic rings. The maximum atomic E-state index is 13.1. The molecule has 0 aromatic carbocycles. The number of rotatable bonds is 10. The van der Waals surface area contributed by atoms with Crippen molar-refractivity contribution < 1.29 is 57.3 Å². The number of aromatic nitrogens is 8. The number of anilines is 1. The number of aromatic amines is 2. The molecule has 23 nitrogen and oxygen atoms in total. The largest absolute Gasteiger partial charge is 0.472 e. The van der Waals surface area contributed by atoms with Crippen LogP contribution in [0, 0.1) is 0 Å². The number of phosphoric ester groups is 1. The Kier molecular flexibility index (Phi) is 8.45. The number of ether oxygens (including phenoxy) is 2. The first-order valence-corrected chi connectivity index (χ1v) is 15.6.